The molecule has 262 valence electrons. The predicted molar refractivity (Wildman–Crippen MR) is 180 cm³/mol. The molecule has 1 fully saturated rings. The lowest BCUT2D eigenvalue weighted by Crippen LogP contribution is -2.59. The van der Waals surface area contributed by atoms with Gasteiger partial charge in [0.1, 0.15) is 46.4 Å². The van der Waals surface area contributed by atoms with Crippen molar-refractivity contribution in [2.75, 3.05) is 19.8 Å². The van der Waals surface area contributed by atoms with Crippen molar-refractivity contribution < 1.29 is 47.7 Å². The van der Waals surface area contributed by atoms with E-state index in [0.717, 1.165) is 0 Å². The van der Waals surface area contributed by atoms with Gasteiger partial charge in [0.05, 0.1) is 6.54 Å². The van der Waals surface area contributed by atoms with Gasteiger partial charge >= 0.3 is 18.3 Å². The third kappa shape index (κ3) is 9.91. The van der Waals surface area contributed by atoms with E-state index in [2.05, 4.69) is 17.8 Å². The monoisotopic (exact) mass is 686 g/mol. The molecule has 0 aliphatic carbocycles. The molecule has 1 aliphatic rings. The molecule has 2 atom stereocenters. The normalized spacial score (nSPS) is 18.1. The van der Waals surface area contributed by atoms with Crippen molar-refractivity contribution >= 4 is 18.3 Å². The van der Waals surface area contributed by atoms with Crippen molar-refractivity contribution in [3.05, 3.63) is 90.7 Å². The first kappa shape index (κ1) is 37.1. The van der Waals surface area contributed by atoms with Crippen LogP contribution >= 0.6 is 0 Å². The van der Waals surface area contributed by atoms with Gasteiger partial charge in [-0.05, 0) is 82.1 Å². The first-order valence-corrected chi connectivity index (χ1v) is 15.9. The number of terminal acetylenes is 1. The van der Waals surface area contributed by atoms with E-state index < -0.39 is 40.8 Å². The molecule has 1 N–H and O–H groups in total. The third-order valence-corrected chi connectivity index (χ3v) is 7.51. The summed E-state index contributed by atoms with van der Waals surface area (Å²) in [7, 11) is 0. The predicted octanol–water partition coefficient (Wildman–Crippen LogP) is 6.75. The number of carbonyl (C=O) groups excluding carboxylic acids is 3. The quantitative estimate of drug-likeness (QED) is 0.113. The largest absolute Gasteiger partial charge is 0.539 e. The summed E-state index contributed by atoms with van der Waals surface area (Å²) in [5, 5.41) is 10.8. The second-order valence-electron chi connectivity index (χ2n) is 12.3. The fraction of sp³-hybridized carbons (Fsp3) is 0.342. The zero-order chi connectivity index (χ0) is 36.2. The summed E-state index contributed by atoms with van der Waals surface area (Å²) in [4.78, 5) is 46.1. The van der Waals surface area contributed by atoms with Gasteiger partial charge in [-0.3, -0.25) is 9.74 Å². The number of aliphatic hydroxyl groups excluding tert-OH is 1. The number of halogens is 1. The van der Waals surface area contributed by atoms with E-state index in [9.17, 15) is 23.9 Å². The number of para-hydroxylation sites is 2. The number of hydrogen-bond acceptors (Lipinski definition) is 9. The van der Waals surface area contributed by atoms with Gasteiger partial charge in [0.15, 0.2) is 0 Å². The second kappa shape index (κ2) is 16.6. The Kier molecular flexibility index (Phi) is 12.3. The standard InChI is InChI=1S/C38H39FN2O9/c1-5-37(28-46-30-20-18-29(39)19-21-30)23-24-38(25-27-42,41(37)34(44)49-36(2,3)4)22-12-13-26-40(33(43)47-31-14-8-6-9-15-31)50-35(45)48-32-16-10-7-11-17-32/h1,6-11,14-21,42H,13,23-28H2,2-4H3/t37-,38+/m1/s1. The fourth-order valence-corrected chi connectivity index (χ4v) is 5.25. The van der Waals surface area contributed by atoms with Gasteiger partial charge in [-0.25, -0.2) is 18.8 Å². The van der Waals surface area contributed by atoms with Crippen LogP contribution in [0, 0.1) is 30.0 Å². The molecule has 1 saturated heterocycles. The van der Waals surface area contributed by atoms with Crippen molar-refractivity contribution in [1.29, 1.82) is 0 Å². The highest BCUT2D eigenvalue weighted by Crippen LogP contribution is 2.44. The average Bonchev–Trinajstić information content (AvgIpc) is 3.40. The van der Waals surface area contributed by atoms with Gasteiger partial charge in [-0.2, -0.15) is 0 Å². The number of aliphatic hydroxyl groups is 1. The Labute approximate surface area is 290 Å². The van der Waals surface area contributed by atoms with Crippen molar-refractivity contribution in [2.24, 2.45) is 0 Å². The van der Waals surface area contributed by atoms with Gasteiger partial charge in [-0.15, -0.1) is 11.5 Å². The zero-order valence-corrected chi connectivity index (χ0v) is 28.1. The summed E-state index contributed by atoms with van der Waals surface area (Å²) in [6.45, 7) is 4.35. The Morgan fingerprint density at radius 1 is 0.900 bits per heavy atom. The fourth-order valence-electron chi connectivity index (χ4n) is 5.25. The zero-order valence-electron chi connectivity index (χ0n) is 28.1. The molecule has 50 heavy (non-hydrogen) atoms. The van der Waals surface area contributed by atoms with Crippen LogP contribution in [0.25, 0.3) is 0 Å². The summed E-state index contributed by atoms with van der Waals surface area (Å²) in [5.41, 5.74) is -3.56. The SMILES string of the molecule is C#C[C@]1(COc2ccc(F)cc2)CC[C@@](C#CCCN(OC(=O)Oc2ccccc2)C(=O)Oc2ccccc2)(CCO)N1C(=O)OC(C)(C)C. The van der Waals surface area contributed by atoms with E-state index in [1.54, 1.807) is 81.4 Å². The number of rotatable bonds is 9. The van der Waals surface area contributed by atoms with E-state index in [4.69, 9.17) is 30.2 Å². The van der Waals surface area contributed by atoms with E-state index in [1.165, 1.54) is 29.2 Å². The number of hydrogen-bond donors (Lipinski definition) is 1. The Hall–Kier alpha value is -5.72. The molecule has 0 spiro atoms. The minimum atomic E-state index is -1.35. The maximum absolute atomic E-state index is 13.9. The van der Waals surface area contributed by atoms with Crippen LogP contribution in [0.5, 0.6) is 17.2 Å². The van der Waals surface area contributed by atoms with Gasteiger partial charge in [0.2, 0.25) is 0 Å². The van der Waals surface area contributed by atoms with Gasteiger partial charge in [0.25, 0.3) is 0 Å². The van der Waals surface area contributed by atoms with Crippen molar-refractivity contribution in [2.45, 2.75) is 63.1 Å². The van der Waals surface area contributed by atoms with Crippen LogP contribution in [0.2, 0.25) is 0 Å². The highest BCUT2D eigenvalue weighted by molar-refractivity contribution is 5.74. The van der Waals surface area contributed by atoms with Crippen molar-refractivity contribution in [3.8, 4) is 41.4 Å². The molecule has 0 unspecified atom stereocenters. The number of likely N-dealkylation sites (tertiary alicyclic amines) is 1. The number of carbonyl (C=O) groups is 3. The minimum absolute atomic E-state index is 0.0128. The summed E-state index contributed by atoms with van der Waals surface area (Å²) in [6.07, 6.45) is 3.57. The smallest absolute Gasteiger partial charge is 0.490 e. The maximum Gasteiger partial charge on any atom is 0.539 e. The Morgan fingerprint density at radius 2 is 1.50 bits per heavy atom. The third-order valence-electron chi connectivity index (χ3n) is 7.51. The molecule has 0 radical (unpaired) electrons. The number of benzene rings is 3. The molecule has 1 heterocycles. The molecular formula is C38H39FN2O9. The Morgan fingerprint density at radius 3 is 2.08 bits per heavy atom. The summed E-state index contributed by atoms with van der Waals surface area (Å²) in [6, 6.07) is 21.7. The molecule has 12 heteroatoms. The summed E-state index contributed by atoms with van der Waals surface area (Å²) >= 11 is 0. The number of amides is 2. The molecule has 0 bridgehead atoms. The van der Waals surface area contributed by atoms with Gasteiger partial charge in [-0.1, -0.05) is 54.2 Å². The Balaban J connectivity index is 1.59. The molecular weight excluding hydrogens is 647 g/mol. The summed E-state index contributed by atoms with van der Waals surface area (Å²) < 4.78 is 35.8. The lowest BCUT2D eigenvalue weighted by atomic mass is 9.93. The molecule has 0 saturated carbocycles. The van der Waals surface area contributed by atoms with Crippen LogP contribution in [-0.4, -0.2) is 69.8 Å². The molecule has 1 aliphatic heterocycles. The van der Waals surface area contributed by atoms with Crippen LogP contribution in [0.1, 0.15) is 46.5 Å². The van der Waals surface area contributed by atoms with E-state index >= 15 is 0 Å². The number of hydroxylamine groups is 2. The van der Waals surface area contributed by atoms with Gasteiger partial charge in [0, 0.05) is 19.4 Å². The van der Waals surface area contributed by atoms with Crippen LogP contribution in [0.15, 0.2) is 84.9 Å². The lowest BCUT2D eigenvalue weighted by molar-refractivity contribution is -0.0880. The number of ether oxygens (including phenoxy) is 4. The van der Waals surface area contributed by atoms with E-state index in [-0.39, 0.29) is 56.9 Å². The average molecular weight is 687 g/mol. The molecule has 0 aromatic heterocycles. The van der Waals surface area contributed by atoms with Gasteiger partial charge < -0.3 is 24.1 Å². The maximum atomic E-state index is 13.9. The summed E-state index contributed by atoms with van der Waals surface area (Å²) in [5.74, 6) is 9.10. The van der Waals surface area contributed by atoms with Crippen LogP contribution in [-0.2, 0) is 9.57 Å². The molecule has 3 aromatic rings. The second-order valence-corrected chi connectivity index (χ2v) is 12.3. The molecule has 2 amide bonds. The highest BCUT2D eigenvalue weighted by Gasteiger charge is 2.57. The van der Waals surface area contributed by atoms with Crippen LogP contribution in [0.3, 0.4) is 0 Å². The first-order chi connectivity index (χ1) is 23.9. The van der Waals surface area contributed by atoms with E-state index in [0.29, 0.717) is 10.8 Å². The molecule has 4 rings (SSSR count). The van der Waals surface area contributed by atoms with Crippen molar-refractivity contribution in [1.82, 2.24) is 9.96 Å². The number of nitrogens with zero attached hydrogens (tertiary/aromatic N) is 2. The lowest BCUT2D eigenvalue weighted by Gasteiger charge is -2.42. The first-order valence-electron chi connectivity index (χ1n) is 15.9. The highest BCUT2D eigenvalue weighted by atomic mass is 19.1. The van der Waals surface area contributed by atoms with Crippen LogP contribution < -0.4 is 14.2 Å². The van der Waals surface area contributed by atoms with E-state index in [1.807, 2.05) is 0 Å². The minimum Gasteiger partial charge on any atom is -0.490 e. The molecule has 11 nitrogen and oxygen atoms in total. The Bertz CT molecular complexity index is 1710. The van der Waals surface area contributed by atoms with Crippen LogP contribution in [0.4, 0.5) is 18.8 Å². The topological polar surface area (TPSA) is 124 Å². The molecule has 3 aromatic carbocycles. The van der Waals surface area contributed by atoms with Crippen molar-refractivity contribution in [3.63, 3.8) is 0 Å².